The standard InChI is InChI=1S/C21H30N4O2.HI/c1-22-21(24(2)16-17-8-10-18(26-3)11-9-17)23-15-19(20-7-6-14-27-20)25-12-4-5-13-25;/h6-11,14,19H,4-5,12-13,15-16H2,1-3H3,(H,22,23);1H. The first-order chi connectivity index (χ1) is 13.2. The van der Waals surface area contributed by atoms with Gasteiger partial charge in [0.2, 0.25) is 0 Å². The fourth-order valence-corrected chi connectivity index (χ4v) is 3.60. The molecule has 154 valence electrons. The molecule has 1 saturated heterocycles. The van der Waals surface area contributed by atoms with Gasteiger partial charge in [0.1, 0.15) is 11.5 Å². The number of nitrogens with zero attached hydrogens (tertiary/aromatic N) is 3. The maximum Gasteiger partial charge on any atom is 0.193 e. The quantitative estimate of drug-likeness (QED) is 0.358. The molecule has 1 aromatic heterocycles. The van der Waals surface area contributed by atoms with Crippen molar-refractivity contribution in [3.8, 4) is 5.75 Å². The highest BCUT2D eigenvalue weighted by atomic mass is 127. The number of ether oxygens (including phenoxy) is 1. The molecule has 1 N–H and O–H groups in total. The summed E-state index contributed by atoms with van der Waals surface area (Å²) < 4.78 is 10.9. The van der Waals surface area contributed by atoms with E-state index < -0.39 is 0 Å². The average molecular weight is 498 g/mol. The van der Waals surface area contributed by atoms with Gasteiger partial charge < -0.3 is 19.4 Å². The van der Waals surface area contributed by atoms with Crippen LogP contribution in [0, 0.1) is 0 Å². The van der Waals surface area contributed by atoms with E-state index in [0.717, 1.165) is 43.6 Å². The number of hydrogen-bond acceptors (Lipinski definition) is 4. The molecule has 0 bridgehead atoms. The largest absolute Gasteiger partial charge is 0.497 e. The summed E-state index contributed by atoms with van der Waals surface area (Å²) >= 11 is 0. The molecule has 1 unspecified atom stereocenters. The Kier molecular flexibility index (Phi) is 9.11. The second-order valence-electron chi connectivity index (χ2n) is 6.91. The summed E-state index contributed by atoms with van der Waals surface area (Å²) in [4.78, 5) is 9.07. The molecule has 1 atom stereocenters. The molecule has 0 radical (unpaired) electrons. The average Bonchev–Trinajstić information content (AvgIpc) is 3.40. The van der Waals surface area contributed by atoms with Gasteiger partial charge in [0.05, 0.1) is 19.4 Å². The van der Waals surface area contributed by atoms with Gasteiger partial charge in [-0.2, -0.15) is 0 Å². The number of halogens is 1. The Morgan fingerprint density at radius 3 is 2.54 bits per heavy atom. The fraction of sp³-hybridized carbons (Fsp3) is 0.476. The van der Waals surface area contributed by atoms with Crippen LogP contribution in [0.1, 0.15) is 30.2 Å². The number of nitrogens with one attached hydrogen (secondary N) is 1. The van der Waals surface area contributed by atoms with Crippen LogP contribution in [0.4, 0.5) is 0 Å². The Morgan fingerprint density at radius 2 is 1.96 bits per heavy atom. The van der Waals surface area contributed by atoms with Gasteiger partial charge in [0.25, 0.3) is 0 Å². The van der Waals surface area contributed by atoms with E-state index in [0.29, 0.717) is 0 Å². The third-order valence-corrected chi connectivity index (χ3v) is 5.06. The predicted octanol–water partition coefficient (Wildman–Crippen LogP) is 3.75. The maximum absolute atomic E-state index is 5.70. The molecule has 1 aromatic carbocycles. The van der Waals surface area contributed by atoms with Crippen molar-refractivity contribution < 1.29 is 9.15 Å². The highest BCUT2D eigenvalue weighted by Crippen LogP contribution is 2.25. The molecule has 0 saturated carbocycles. The molecule has 0 amide bonds. The van der Waals surface area contributed by atoms with Crippen LogP contribution < -0.4 is 10.1 Å². The minimum Gasteiger partial charge on any atom is -0.497 e. The van der Waals surface area contributed by atoms with Gasteiger partial charge in [-0.25, -0.2) is 0 Å². The minimum absolute atomic E-state index is 0. The number of furan rings is 1. The van der Waals surface area contributed by atoms with E-state index in [1.807, 2.05) is 25.2 Å². The Bertz CT molecular complexity index is 713. The molecule has 6 nitrogen and oxygen atoms in total. The summed E-state index contributed by atoms with van der Waals surface area (Å²) in [6.45, 7) is 3.78. The molecule has 2 heterocycles. The van der Waals surface area contributed by atoms with Gasteiger partial charge in [-0.3, -0.25) is 9.89 Å². The van der Waals surface area contributed by atoms with Crippen molar-refractivity contribution in [3.05, 3.63) is 54.0 Å². The zero-order valence-electron chi connectivity index (χ0n) is 16.9. The van der Waals surface area contributed by atoms with Crippen LogP contribution in [0.25, 0.3) is 0 Å². The molecular formula is C21H31IN4O2. The summed E-state index contributed by atoms with van der Waals surface area (Å²) in [5.41, 5.74) is 1.21. The number of guanidine groups is 1. The molecule has 3 rings (SSSR count). The lowest BCUT2D eigenvalue weighted by atomic mass is 10.2. The first kappa shape index (κ1) is 22.5. The lowest BCUT2D eigenvalue weighted by Gasteiger charge is -2.29. The second-order valence-corrected chi connectivity index (χ2v) is 6.91. The van der Waals surface area contributed by atoms with Crippen LogP contribution in [0.15, 0.2) is 52.1 Å². The van der Waals surface area contributed by atoms with Crippen LogP contribution >= 0.6 is 24.0 Å². The summed E-state index contributed by atoms with van der Waals surface area (Å²) in [7, 11) is 5.56. The lowest BCUT2D eigenvalue weighted by Crippen LogP contribution is -2.43. The predicted molar refractivity (Wildman–Crippen MR) is 123 cm³/mol. The summed E-state index contributed by atoms with van der Waals surface area (Å²) in [6.07, 6.45) is 4.26. The van der Waals surface area contributed by atoms with Gasteiger partial charge in [-0.15, -0.1) is 24.0 Å². The third-order valence-electron chi connectivity index (χ3n) is 5.06. The highest BCUT2D eigenvalue weighted by molar-refractivity contribution is 14.0. The normalized spacial score (nSPS) is 15.8. The Balaban J connectivity index is 0.00000280. The SMILES string of the molecule is CN=C(NCC(c1ccco1)N1CCCC1)N(C)Cc1ccc(OC)cc1.I. The van der Waals surface area contributed by atoms with Crippen molar-refractivity contribution in [2.75, 3.05) is 40.8 Å². The number of methoxy groups -OCH3 is 1. The van der Waals surface area contributed by atoms with Gasteiger partial charge in [-0.05, 0) is 55.8 Å². The Hall–Kier alpha value is -1.74. The number of benzene rings is 1. The third kappa shape index (κ3) is 5.88. The minimum atomic E-state index is 0. The van der Waals surface area contributed by atoms with Gasteiger partial charge >= 0.3 is 0 Å². The summed E-state index contributed by atoms with van der Waals surface area (Å²) in [5, 5.41) is 3.53. The van der Waals surface area contributed by atoms with Crippen molar-refractivity contribution in [1.82, 2.24) is 15.1 Å². The van der Waals surface area contributed by atoms with E-state index in [4.69, 9.17) is 9.15 Å². The fourth-order valence-electron chi connectivity index (χ4n) is 3.60. The van der Waals surface area contributed by atoms with E-state index in [9.17, 15) is 0 Å². The summed E-state index contributed by atoms with van der Waals surface area (Å²) in [5.74, 6) is 2.76. The Morgan fingerprint density at radius 1 is 1.25 bits per heavy atom. The van der Waals surface area contributed by atoms with Crippen molar-refractivity contribution in [2.24, 2.45) is 4.99 Å². The van der Waals surface area contributed by atoms with E-state index in [1.54, 1.807) is 13.4 Å². The van der Waals surface area contributed by atoms with E-state index >= 15 is 0 Å². The molecule has 1 aliphatic rings. The van der Waals surface area contributed by atoms with Crippen molar-refractivity contribution in [3.63, 3.8) is 0 Å². The molecular weight excluding hydrogens is 467 g/mol. The monoisotopic (exact) mass is 498 g/mol. The number of rotatable bonds is 7. The zero-order chi connectivity index (χ0) is 19.1. The van der Waals surface area contributed by atoms with Crippen molar-refractivity contribution in [2.45, 2.75) is 25.4 Å². The zero-order valence-corrected chi connectivity index (χ0v) is 19.3. The van der Waals surface area contributed by atoms with Crippen LogP contribution in [-0.4, -0.2) is 56.6 Å². The van der Waals surface area contributed by atoms with E-state index in [-0.39, 0.29) is 30.0 Å². The van der Waals surface area contributed by atoms with Crippen LogP contribution in [0.3, 0.4) is 0 Å². The number of aliphatic imine (C=N–C) groups is 1. The maximum atomic E-state index is 5.70. The number of hydrogen-bond donors (Lipinski definition) is 1. The molecule has 0 spiro atoms. The smallest absolute Gasteiger partial charge is 0.193 e. The molecule has 0 aliphatic carbocycles. The molecule has 2 aromatic rings. The van der Waals surface area contributed by atoms with Crippen molar-refractivity contribution >= 4 is 29.9 Å². The van der Waals surface area contributed by atoms with Gasteiger partial charge in [0.15, 0.2) is 5.96 Å². The van der Waals surface area contributed by atoms with Crippen LogP contribution in [0.5, 0.6) is 5.75 Å². The first-order valence-electron chi connectivity index (χ1n) is 9.53. The van der Waals surface area contributed by atoms with Crippen LogP contribution in [0.2, 0.25) is 0 Å². The molecule has 7 heteroatoms. The first-order valence-corrected chi connectivity index (χ1v) is 9.53. The van der Waals surface area contributed by atoms with Crippen LogP contribution in [-0.2, 0) is 6.54 Å². The lowest BCUT2D eigenvalue weighted by molar-refractivity contribution is 0.214. The number of likely N-dealkylation sites (tertiary alicyclic amines) is 1. The van der Waals surface area contributed by atoms with Gasteiger partial charge in [0, 0.05) is 27.2 Å². The molecule has 1 aliphatic heterocycles. The van der Waals surface area contributed by atoms with E-state index in [1.165, 1.54) is 18.4 Å². The second kappa shape index (κ2) is 11.3. The summed E-state index contributed by atoms with van der Waals surface area (Å²) in [6, 6.07) is 12.4. The molecule has 28 heavy (non-hydrogen) atoms. The molecule has 1 fully saturated rings. The van der Waals surface area contributed by atoms with E-state index in [2.05, 4.69) is 45.4 Å². The highest BCUT2D eigenvalue weighted by Gasteiger charge is 2.26. The topological polar surface area (TPSA) is 53.2 Å². The van der Waals surface area contributed by atoms with Gasteiger partial charge in [-0.1, -0.05) is 12.1 Å². The van der Waals surface area contributed by atoms with Crippen molar-refractivity contribution in [1.29, 1.82) is 0 Å². The Labute approximate surface area is 185 Å².